The number of hydrogen-bond donors (Lipinski definition) is 0. The largest absolute Gasteiger partial charge is 0.130 e. The van der Waals surface area contributed by atoms with E-state index in [1.165, 1.54) is 0 Å². The third-order valence-electron chi connectivity index (χ3n) is 0.897. The lowest BCUT2D eigenvalue weighted by atomic mass is 11.3. The van der Waals surface area contributed by atoms with E-state index in [0.29, 0.717) is 0 Å². The van der Waals surface area contributed by atoms with Crippen molar-refractivity contribution < 1.29 is 0 Å². The van der Waals surface area contributed by atoms with E-state index in [4.69, 9.17) is 11.6 Å². The lowest BCUT2D eigenvalue weighted by molar-refractivity contribution is 1.73. The van der Waals surface area contributed by atoms with Gasteiger partial charge in [-0.2, -0.15) is 0 Å². The summed E-state index contributed by atoms with van der Waals surface area (Å²) >= 11 is 5.58. The maximum absolute atomic E-state index is 5.58. The molecule has 0 rings (SSSR count). The predicted octanol–water partition coefficient (Wildman–Crippen LogP) is 2.20. The molecule has 0 amide bonds. The number of halogens is 1. The maximum atomic E-state index is 5.58. The quantitative estimate of drug-likeness (QED) is 0.401. The van der Waals surface area contributed by atoms with Gasteiger partial charge in [-0.25, -0.2) is 0 Å². The summed E-state index contributed by atoms with van der Waals surface area (Å²) < 4.78 is 0. The molecule has 0 atom stereocenters. The number of rotatable bonds is 2. The summed E-state index contributed by atoms with van der Waals surface area (Å²) in [5, 5.41) is 0. The first-order chi connectivity index (χ1) is 3.12. The molecular formula is C5H11ClSi. The molecule has 0 unspecified atom stereocenters. The van der Waals surface area contributed by atoms with Crippen molar-refractivity contribution in [1.29, 1.82) is 0 Å². The number of hydrogen-bond acceptors (Lipinski definition) is 0. The molecule has 0 spiro atoms. The summed E-state index contributed by atoms with van der Waals surface area (Å²) in [6, 6.07) is 0. The summed E-state index contributed by atoms with van der Waals surface area (Å²) in [7, 11) is -1.12. The van der Waals surface area contributed by atoms with Gasteiger partial charge in [-0.05, 0) is 0 Å². The SMILES string of the molecule is C=C[Si](C)(C)CCl. The highest BCUT2D eigenvalue weighted by molar-refractivity contribution is 6.87. The molecule has 0 nitrogen and oxygen atoms in total. The van der Waals surface area contributed by atoms with Gasteiger partial charge < -0.3 is 0 Å². The molecule has 0 saturated carbocycles. The topological polar surface area (TPSA) is 0 Å². The Morgan fingerprint density at radius 1 is 1.71 bits per heavy atom. The fourth-order valence-electron chi connectivity index (χ4n) is 0.0546. The second-order valence-corrected chi connectivity index (χ2v) is 7.78. The monoisotopic (exact) mass is 134 g/mol. The maximum Gasteiger partial charge on any atom is 0.0864 e. The molecule has 0 bridgehead atoms. The van der Waals surface area contributed by atoms with E-state index in [9.17, 15) is 0 Å². The van der Waals surface area contributed by atoms with Crippen molar-refractivity contribution in [3.8, 4) is 0 Å². The minimum Gasteiger partial charge on any atom is -0.130 e. The Labute approximate surface area is 51.2 Å². The molecule has 0 fully saturated rings. The molecule has 0 radical (unpaired) electrons. The van der Waals surface area contributed by atoms with Crippen molar-refractivity contribution in [2.45, 2.75) is 13.1 Å². The highest BCUT2D eigenvalue weighted by Crippen LogP contribution is 2.03. The van der Waals surface area contributed by atoms with E-state index >= 15 is 0 Å². The zero-order chi connectivity index (χ0) is 5.91. The molecule has 0 N–H and O–H groups in total. The van der Waals surface area contributed by atoms with E-state index in [2.05, 4.69) is 19.7 Å². The van der Waals surface area contributed by atoms with Crippen LogP contribution in [0.2, 0.25) is 13.1 Å². The highest BCUT2D eigenvalue weighted by Gasteiger charge is 2.12. The fraction of sp³-hybridized carbons (Fsp3) is 0.600. The van der Waals surface area contributed by atoms with Crippen molar-refractivity contribution in [2.75, 3.05) is 5.50 Å². The minimum atomic E-state index is -1.12. The highest BCUT2D eigenvalue weighted by atomic mass is 35.5. The van der Waals surface area contributed by atoms with Crippen LogP contribution >= 0.6 is 11.6 Å². The van der Waals surface area contributed by atoms with E-state index in [0.717, 1.165) is 5.50 Å². The first kappa shape index (κ1) is 7.25. The van der Waals surface area contributed by atoms with E-state index in [-0.39, 0.29) is 0 Å². The van der Waals surface area contributed by atoms with Gasteiger partial charge >= 0.3 is 0 Å². The van der Waals surface area contributed by atoms with Crippen LogP contribution in [0.25, 0.3) is 0 Å². The van der Waals surface area contributed by atoms with Crippen LogP contribution in [-0.4, -0.2) is 13.6 Å². The van der Waals surface area contributed by atoms with Crippen molar-refractivity contribution in [3.63, 3.8) is 0 Å². The van der Waals surface area contributed by atoms with Gasteiger partial charge in [0, 0.05) is 5.50 Å². The molecule has 0 aromatic carbocycles. The molecule has 0 aromatic heterocycles. The van der Waals surface area contributed by atoms with Crippen LogP contribution < -0.4 is 0 Å². The fourth-order valence-corrected chi connectivity index (χ4v) is 0.491. The van der Waals surface area contributed by atoms with Crippen molar-refractivity contribution >= 4 is 19.7 Å². The van der Waals surface area contributed by atoms with Crippen LogP contribution in [0.5, 0.6) is 0 Å². The Bertz CT molecular complexity index is 68.5. The molecule has 0 aliphatic heterocycles. The van der Waals surface area contributed by atoms with E-state index in [1.54, 1.807) is 0 Å². The van der Waals surface area contributed by atoms with Gasteiger partial charge in [0.1, 0.15) is 0 Å². The molecule has 42 valence electrons. The molecule has 7 heavy (non-hydrogen) atoms. The Kier molecular flexibility index (Phi) is 2.62. The average molecular weight is 135 g/mol. The van der Waals surface area contributed by atoms with Crippen LogP contribution in [0.3, 0.4) is 0 Å². The molecule has 0 heterocycles. The van der Waals surface area contributed by atoms with Gasteiger partial charge in [-0.1, -0.05) is 13.1 Å². The summed E-state index contributed by atoms with van der Waals surface area (Å²) in [4.78, 5) is 0. The third kappa shape index (κ3) is 2.89. The van der Waals surface area contributed by atoms with E-state index in [1.807, 2.05) is 5.70 Å². The van der Waals surface area contributed by atoms with Crippen molar-refractivity contribution in [1.82, 2.24) is 0 Å². The smallest absolute Gasteiger partial charge is 0.0864 e. The average Bonchev–Trinajstić information content (AvgIpc) is 1.68. The van der Waals surface area contributed by atoms with Crippen molar-refractivity contribution in [2.24, 2.45) is 0 Å². The predicted molar refractivity (Wildman–Crippen MR) is 38.4 cm³/mol. The standard InChI is InChI=1S/C5H11ClSi/c1-4-7(2,3)5-6/h4H,1,5H2,2-3H3. The summed E-state index contributed by atoms with van der Waals surface area (Å²) in [6.07, 6.45) is 0. The van der Waals surface area contributed by atoms with Crippen molar-refractivity contribution in [3.05, 3.63) is 12.3 Å². The first-order valence-electron chi connectivity index (χ1n) is 2.32. The minimum absolute atomic E-state index is 0.788. The first-order valence-corrected chi connectivity index (χ1v) is 6.14. The third-order valence-corrected chi connectivity index (χ3v) is 4.76. The lowest BCUT2D eigenvalue weighted by Crippen LogP contribution is -2.24. The van der Waals surface area contributed by atoms with E-state index < -0.39 is 8.07 Å². The summed E-state index contributed by atoms with van der Waals surface area (Å²) in [6.45, 7) is 8.06. The molecular weight excluding hydrogens is 124 g/mol. The van der Waals surface area contributed by atoms with Gasteiger partial charge in [0.25, 0.3) is 0 Å². The molecule has 0 aromatic rings. The summed E-state index contributed by atoms with van der Waals surface area (Å²) in [5.41, 5.74) is 2.79. The molecule has 2 heteroatoms. The second-order valence-electron chi connectivity index (χ2n) is 2.33. The van der Waals surface area contributed by atoms with Gasteiger partial charge in [0.15, 0.2) is 0 Å². The Hall–Kier alpha value is 0.247. The molecule has 0 aliphatic carbocycles. The van der Waals surface area contributed by atoms with Crippen LogP contribution in [0.4, 0.5) is 0 Å². The lowest BCUT2D eigenvalue weighted by Gasteiger charge is -2.09. The van der Waals surface area contributed by atoms with Gasteiger partial charge in [0.05, 0.1) is 8.07 Å². The molecule has 0 saturated heterocycles. The molecule has 0 aliphatic rings. The normalized spacial score (nSPS) is 11.3. The van der Waals surface area contributed by atoms with Gasteiger partial charge in [-0.3, -0.25) is 0 Å². The Morgan fingerprint density at radius 2 is 2.14 bits per heavy atom. The zero-order valence-electron chi connectivity index (χ0n) is 4.87. The summed E-state index contributed by atoms with van der Waals surface area (Å²) in [5.74, 6) is 0. The number of alkyl halides is 1. The van der Waals surface area contributed by atoms with Gasteiger partial charge in [-0.15, -0.1) is 23.9 Å². The van der Waals surface area contributed by atoms with Gasteiger partial charge in [0.2, 0.25) is 0 Å². The Morgan fingerprint density at radius 3 is 2.14 bits per heavy atom. The Balaban J connectivity index is 3.58. The van der Waals surface area contributed by atoms with Crippen LogP contribution in [0.1, 0.15) is 0 Å². The van der Waals surface area contributed by atoms with Crippen LogP contribution in [0.15, 0.2) is 12.3 Å². The van der Waals surface area contributed by atoms with Crippen LogP contribution in [-0.2, 0) is 0 Å². The van der Waals surface area contributed by atoms with Crippen LogP contribution in [0, 0.1) is 0 Å². The second kappa shape index (κ2) is 2.53. The zero-order valence-corrected chi connectivity index (χ0v) is 6.63.